The zero-order valence-electron chi connectivity index (χ0n) is 15.4. The average molecular weight is 434 g/mol. The Morgan fingerprint density at radius 1 is 0.968 bits per heavy atom. The van der Waals surface area contributed by atoms with E-state index < -0.39 is 51.9 Å². The molecule has 8 nitrogen and oxygen atoms in total. The van der Waals surface area contributed by atoms with E-state index in [1.165, 1.54) is 24.3 Å². The number of aromatic amines is 1. The third-order valence-electron chi connectivity index (χ3n) is 4.28. The summed E-state index contributed by atoms with van der Waals surface area (Å²) in [5, 5.41) is 18.8. The lowest BCUT2D eigenvalue weighted by Crippen LogP contribution is -2.24. The number of hydrogen-bond acceptors (Lipinski definition) is 5. The molecule has 31 heavy (non-hydrogen) atoms. The minimum Gasteiger partial charge on any atom is -0.489 e. The maximum absolute atomic E-state index is 13.2. The summed E-state index contributed by atoms with van der Waals surface area (Å²) < 4.78 is 44.7. The fraction of sp³-hybridized carbons (Fsp3) is 0.0500. The molecule has 0 radical (unpaired) electrons. The number of rotatable bonds is 6. The lowest BCUT2D eigenvalue weighted by atomic mass is 9.95. The van der Waals surface area contributed by atoms with Crippen LogP contribution < -0.4 is 16.0 Å². The van der Waals surface area contributed by atoms with E-state index in [-0.39, 0.29) is 23.5 Å². The highest BCUT2D eigenvalue weighted by molar-refractivity contribution is 6.07. The topological polar surface area (TPSA) is 143 Å². The highest BCUT2D eigenvalue weighted by Gasteiger charge is 2.26. The number of halogens is 3. The Labute approximate surface area is 171 Å². The number of hydrogen-bond donors (Lipinski definition) is 4. The standard InChI is InChI=1S/C20H13F3N2O6/c21-11-5-10(6-12(22)16(11)23)31-7-8-1-3-9(4-2-8)13-14(19(27)28)17(24)25-18(26)15(13)20(29)30/h1-6H,7H2,(H,27,28)(H,29,30)(H3,24,25,26). The highest BCUT2D eigenvalue weighted by Crippen LogP contribution is 2.29. The van der Waals surface area contributed by atoms with Gasteiger partial charge in [0.2, 0.25) is 0 Å². The number of carboxylic acid groups (broad SMARTS) is 2. The number of pyridine rings is 1. The van der Waals surface area contributed by atoms with Gasteiger partial charge in [0.25, 0.3) is 5.56 Å². The van der Waals surface area contributed by atoms with Crippen LogP contribution >= 0.6 is 0 Å². The molecule has 0 spiro atoms. The quantitative estimate of drug-likeness (QED) is 0.437. The molecule has 1 heterocycles. The number of H-pyrrole nitrogens is 1. The van der Waals surface area contributed by atoms with Crippen molar-refractivity contribution in [2.45, 2.75) is 6.61 Å². The van der Waals surface area contributed by atoms with E-state index >= 15 is 0 Å². The molecule has 2 aromatic carbocycles. The molecule has 0 amide bonds. The molecule has 160 valence electrons. The van der Waals surface area contributed by atoms with Crippen molar-refractivity contribution in [3.8, 4) is 16.9 Å². The van der Waals surface area contributed by atoms with Gasteiger partial charge in [-0.3, -0.25) is 4.79 Å². The molecule has 0 aliphatic carbocycles. The van der Waals surface area contributed by atoms with E-state index in [9.17, 15) is 37.8 Å². The van der Waals surface area contributed by atoms with Gasteiger partial charge in [0.15, 0.2) is 17.5 Å². The van der Waals surface area contributed by atoms with E-state index in [1.807, 2.05) is 4.98 Å². The SMILES string of the molecule is Nc1[nH]c(=O)c(C(=O)O)c(-c2ccc(COc3cc(F)c(F)c(F)c3)cc2)c1C(=O)O. The second-order valence-corrected chi connectivity index (χ2v) is 6.29. The number of benzene rings is 2. The molecule has 3 rings (SSSR count). The Hall–Kier alpha value is -4.28. The average Bonchev–Trinajstić information content (AvgIpc) is 2.69. The van der Waals surface area contributed by atoms with Crippen LogP contribution in [-0.2, 0) is 6.61 Å². The third-order valence-corrected chi connectivity index (χ3v) is 4.28. The predicted molar refractivity (Wildman–Crippen MR) is 101 cm³/mol. The molecule has 0 fully saturated rings. The maximum Gasteiger partial charge on any atom is 0.342 e. The number of carboxylic acids is 2. The van der Waals surface area contributed by atoms with Crippen molar-refractivity contribution >= 4 is 17.8 Å². The van der Waals surface area contributed by atoms with Gasteiger partial charge in [-0.15, -0.1) is 0 Å². The summed E-state index contributed by atoms with van der Waals surface area (Å²) in [6.07, 6.45) is 0. The number of nitrogens with two attached hydrogens (primary N) is 1. The van der Waals surface area contributed by atoms with Crippen molar-refractivity contribution < 1.29 is 37.7 Å². The molecule has 0 bridgehead atoms. The summed E-state index contributed by atoms with van der Waals surface area (Å²) in [7, 11) is 0. The lowest BCUT2D eigenvalue weighted by Gasteiger charge is -2.13. The minimum atomic E-state index is -1.65. The first kappa shape index (κ1) is 21.4. The second-order valence-electron chi connectivity index (χ2n) is 6.29. The number of anilines is 1. The Morgan fingerprint density at radius 2 is 1.52 bits per heavy atom. The van der Waals surface area contributed by atoms with Gasteiger partial charge in [0.05, 0.1) is 0 Å². The van der Waals surface area contributed by atoms with Crippen LogP contribution in [0.1, 0.15) is 26.3 Å². The molecular weight excluding hydrogens is 421 g/mol. The van der Waals surface area contributed by atoms with E-state index in [2.05, 4.69) is 0 Å². The monoisotopic (exact) mass is 434 g/mol. The summed E-state index contributed by atoms with van der Waals surface area (Å²) in [5.74, 6) is -8.42. The first-order valence-electron chi connectivity index (χ1n) is 8.49. The summed E-state index contributed by atoms with van der Waals surface area (Å²) in [6, 6.07) is 6.84. The minimum absolute atomic E-state index is 0.0789. The first-order chi connectivity index (χ1) is 14.6. The van der Waals surface area contributed by atoms with Gasteiger partial charge in [-0.1, -0.05) is 24.3 Å². The van der Waals surface area contributed by atoms with Gasteiger partial charge < -0.3 is 25.7 Å². The molecule has 0 atom stereocenters. The van der Waals surface area contributed by atoms with E-state index in [1.54, 1.807) is 0 Å². The number of aromatic nitrogens is 1. The van der Waals surface area contributed by atoms with Crippen LogP contribution in [-0.4, -0.2) is 27.1 Å². The van der Waals surface area contributed by atoms with Crippen molar-refractivity contribution in [3.63, 3.8) is 0 Å². The number of carbonyl (C=O) groups is 2. The van der Waals surface area contributed by atoms with E-state index in [0.29, 0.717) is 17.7 Å². The smallest absolute Gasteiger partial charge is 0.342 e. The number of nitrogens with one attached hydrogen (secondary N) is 1. The van der Waals surface area contributed by atoms with Crippen LogP contribution in [0.3, 0.4) is 0 Å². The van der Waals surface area contributed by atoms with Crippen molar-refractivity contribution in [2.24, 2.45) is 0 Å². The van der Waals surface area contributed by atoms with Gasteiger partial charge in [0.1, 0.15) is 29.3 Å². The molecule has 11 heteroatoms. The molecular formula is C20H13F3N2O6. The molecule has 0 saturated carbocycles. The van der Waals surface area contributed by atoms with Crippen LogP contribution in [0, 0.1) is 17.5 Å². The summed E-state index contributed by atoms with van der Waals surface area (Å²) in [4.78, 5) is 37.2. The summed E-state index contributed by atoms with van der Waals surface area (Å²) in [5.41, 5.74) is 3.26. The molecule has 0 unspecified atom stereocenters. The normalized spacial score (nSPS) is 10.7. The maximum atomic E-state index is 13.2. The third kappa shape index (κ3) is 4.20. The van der Waals surface area contributed by atoms with Crippen molar-refractivity contribution in [1.29, 1.82) is 0 Å². The zero-order chi connectivity index (χ0) is 22.9. The summed E-state index contributed by atoms with van der Waals surface area (Å²) in [6.45, 7) is -0.195. The molecule has 0 saturated heterocycles. The Bertz CT molecular complexity index is 1230. The second kappa shape index (κ2) is 8.22. The van der Waals surface area contributed by atoms with Gasteiger partial charge >= 0.3 is 11.9 Å². The largest absolute Gasteiger partial charge is 0.489 e. The lowest BCUT2D eigenvalue weighted by molar-refractivity contribution is 0.0695. The zero-order valence-corrected chi connectivity index (χ0v) is 15.4. The summed E-state index contributed by atoms with van der Waals surface area (Å²) >= 11 is 0. The van der Waals surface area contributed by atoms with Crippen LogP contribution in [0.5, 0.6) is 5.75 Å². The Balaban J connectivity index is 1.96. The van der Waals surface area contributed by atoms with Crippen LogP contribution in [0.25, 0.3) is 11.1 Å². The van der Waals surface area contributed by atoms with Crippen LogP contribution in [0.4, 0.5) is 19.0 Å². The molecule has 3 aromatic rings. The molecule has 5 N–H and O–H groups in total. The Kier molecular flexibility index (Phi) is 5.68. The first-order valence-corrected chi connectivity index (χ1v) is 8.49. The van der Waals surface area contributed by atoms with Gasteiger partial charge in [-0.25, -0.2) is 22.8 Å². The van der Waals surface area contributed by atoms with E-state index in [0.717, 1.165) is 0 Å². The van der Waals surface area contributed by atoms with Gasteiger partial charge in [0, 0.05) is 17.7 Å². The molecule has 0 aliphatic heterocycles. The van der Waals surface area contributed by atoms with Crippen molar-refractivity contribution in [1.82, 2.24) is 4.98 Å². The van der Waals surface area contributed by atoms with Crippen molar-refractivity contribution in [3.05, 3.63) is 80.9 Å². The van der Waals surface area contributed by atoms with Crippen LogP contribution in [0.15, 0.2) is 41.2 Å². The number of nitrogen functional groups attached to an aromatic ring is 1. The fourth-order valence-corrected chi connectivity index (χ4v) is 2.89. The van der Waals surface area contributed by atoms with Gasteiger partial charge in [-0.05, 0) is 11.1 Å². The molecule has 0 aliphatic rings. The van der Waals surface area contributed by atoms with Crippen molar-refractivity contribution in [2.75, 3.05) is 5.73 Å². The van der Waals surface area contributed by atoms with Crippen LogP contribution in [0.2, 0.25) is 0 Å². The Morgan fingerprint density at radius 3 is 2.03 bits per heavy atom. The van der Waals surface area contributed by atoms with E-state index in [4.69, 9.17) is 10.5 Å². The molecule has 1 aromatic heterocycles. The number of ether oxygens (including phenoxy) is 1. The highest BCUT2D eigenvalue weighted by atomic mass is 19.2. The predicted octanol–water partition coefficient (Wildman–Crippen LogP) is 3.02. The van der Waals surface area contributed by atoms with Gasteiger partial charge in [-0.2, -0.15) is 0 Å². The fourth-order valence-electron chi connectivity index (χ4n) is 2.89. The number of aromatic carboxylic acids is 2.